The van der Waals surface area contributed by atoms with Crippen LogP contribution in [-0.2, 0) is 0 Å². The highest BCUT2D eigenvalue weighted by Gasteiger charge is 2.25. The number of aryl methyl sites for hydroxylation is 2. The van der Waals surface area contributed by atoms with Crippen molar-refractivity contribution in [1.82, 2.24) is 10.3 Å². The van der Waals surface area contributed by atoms with Crippen LogP contribution >= 0.6 is 11.3 Å². The molecule has 112 valence electrons. The molecule has 1 aliphatic rings. The molecule has 1 fully saturated rings. The van der Waals surface area contributed by atoms with E-state index in [2.05, 4.69) is 57.3 Å². The SMILES string of the molecule is Cc1nc(C(NC(C)C)c2cccc(C3CC3)c2)sc1C. The van der Waals surface area contributed by atoms with Crippen molar-refractivity contribution in [3.05, 3.63) is 51.0 Å². The van der Waals surface area contributed by atoms with Gasteiger partial charge in [0, 0.05) is 10.9 Å². The predicted molar refractivity (Wildman–Crippen MR) is 90.1 cm³/mol. The first-order valence-corrected chi connectivity index (χ1v) is 8.66. The van der Waals surface area contributed by atoms with E-state index in [-0.39, 0.29) is 6.04 Å². The molecule has 1 saturated carbocycles. The normalized spacial score (nSPS) is 16.4. The van der Waals surface area contributed by atoms with E-state index in [4.69, 9.17) is 4.98 Å². The molecule has 2 nitrogen and oxygen atoms in total. The van der Waals surface area contributed by atoms with E-state index < -0.39 is 0 Å². The highest BCUT2D eigenvalue weighted by atomic mass is 32.1. The van der Waals surface area contributed by atoms with Gasteiger partial charge in [-0.15, -0.1) is 11.3 Å². The molecule has 21 heavy (non-hydrogen) atoms. The topological polar surface area (TPSA) is 24.9 Å². The van der Waals surface area contributed by atoms with Crippen LogP contribution in [0.2, 0.25) is 0 Å². The van der Waals surface area contributed by atoms with Crippen LogP contribution in [0.15, 0.2) is 24.3 Å². The fourth-order valence-electron chi connectivity index (χ4n) is 2.67. The summed E-state index contributed by atoms with van der Waals surface area (Å²) in [7, 11) is 0. The van der Waals surface area contributed by atoms with E-state index in [1.807, 2.05) is 11.3 Å². The van der Waals surface area contributed by atoms with Gasteiger partial charge in [0.1, 0.15) is 5.01 Å². The van der Waals surface area contributed by atoms with Gasteiger partial charge < -0.3 is 5.32 Å². The van der Waals surface area contributed by atoms with Crippen LogP contribution in [0.5, 0.6) is 0 Å². The van der Waals surface area contributed by atoms with Crippen LogP contribution in [0.25, 0.3) is 0 Å². The average Bonchev–Trinajstić information content (AvgIpc) is 3.24. The fraction of sp³-hybridized carbons (Fsp3) is 0.500. The molecule has 1 aromatic heterocycles. The molecule has 1 unspecified atom stereocenters. The van der Waals surface area contributed by atoms with Crippen molar-refractivity contribution in [2.45, 2.75) is 58.5 Å². The third kappa shape index (κ3) is 3.35. The van der Waals surface area contributed by atoms with Gasteiger partial charge in [0.15, 0.2) is 0 Å². The summed E-state index contributed by atoms with van der Waals surface area (Å²) < 4.78 is 0. The van der Waals surface area contributed by atoms with E-state index in [1.54, 1.807) is 0 Å². The molecule has 1 atom stereocenters. The largest absolute Gasteiger partial charge is 0.302 e. The minimum absolute atomic E-state index is 0.209. The summed E-state index contributed by atoms with van der Waals surface area (Å²) in [4.78, 5) is 6.10. The third-order valence-corrected chi connectivity index (χ3v) is 5.22. The van der Waals surface area contributed by atoms with Crippen molar-refractivity contribution in [2.75, 3.05) is 0 Å². The lowest BCUT2D eigenvalue weighted by atomic mass is 10.0. The lowest BCUT2D eigenvalue weighted by Crippen LogP contribution is -2.29. The number of hydrogen-bond donors (Lipinski definition) is 1. The zero-order valence-corrected chi connectivity index (χ0v) is 14.1. The quantitative estimate of drug-likeness (QED) is 0.864. The summed E-state index contributed by atoms with van der Waals surface area (Å²) in [6.45, 7) is 8.65. The van der Waals surface area contributed by atoms with Crippen LogP contribution in [0.1, 0.15) is 65.4 Å². The smallest absolute Gasteiger partial charge is 0.115 e. The van der Waals surface area contributed by atoms with Gasteiger partial charge >= 0.3 is 0 Å². The van der Waals surface area contributed by atoms with E-state index in [9.17, 15) is 0 Å². The summed E-state index contributed by atoms with van der Waals surface area (Å²) in [5, 5.41) is 4.87. The predicted octanol–water partition coefficient (Wildman–Crippen LogP) is 4.72. The van der Waals surface area contributed by atoms with Gasteiger partial charge in [-0.25, -0.2) is 4.98 Å². The Morgan fingerprint density at radius 1 is 1.24 bits per heavy atom. The molecule has 1 heterocycles. The molecular formula is C18H24N2S. The second-order valence-corrected chi connectivity index (χ2v) is 7.63. The Morgan fingerprint density at radius 2 is 2.00 bits per heavy atom. The standard InChI is InChI=1S/C18H24N2S/c1-11(2)19-17(18-20-12(3)13(4)21-18)16-7-5-6-15(10-16)14-8-9-14/h5-7,10-11,14,17,19H,8-9H2,1-4H3. The summed E-state index contributed by atoms with van der Waals surface area (Å²) in [6.07, 6.45) is 2.70. The van der Waals surface area contributed by atoms with Crippen LogP contribution in [-0.4, -0.2) is 11.0 Å². The highest BCUT2D eigenvalue weighted by molar-refractivity contribution is 7.11. The monoisotopic (exact) mass is 300 g/mol. The van der Waals surface area contributed by atoms with Gasteiger partial charge in [0.2, 0.25) is 0 Å². The van der Waals surface area contributed by atoms with Crippen molar-refractivity contribution in [2.24, 2.45) is 0 Å². The number of nitrogens with zero attached hydrogens (tertiary/aromatic N) is 1. The number of hydrogen-bond acceptors (Lipinski definition) is 3. The van der Waals surface area contributed by atoms with Crippen molar-refractivity contribution < 1.29 is 0 Å². The Kier molecular flexibility index (Phi) is 4.14. The third-order valence-electron chi connectivity index (χ3n) is 4.08. The van der Waals surface area contributed by atoms with Gasteiger partial charge in [-0.05, 0) is 57.6 Å². The Morgan fingerprint density at radius 3 is 2.57 bits per heavy atom. The van der Waals surface area contributed by atoms with E-state index in [0.717, 1.165) is 11.6 Å². The second kappa shape index (κ2) is 5.90. The van der Waals surface area contributed by atoms with Gasteiger partial charge in [0.25, 0.3) is 0 Å². The fourth-order valence-corrected chi connectivity index (χ4v) is 3.69. The van der Waals surface area contributed by atoms with Crippen molar-refractivity contribution in [3.8, 4) is 0 Å². The molecule has 0 amide bonds. The lowest BCUT2D eigenvalue weighted by molar-refractivity contribution is 0.526. The van der Waals surface area contributed by atoms with Gasteiger partial charge in [-0.2, -0.15) is 0 Å². The van der Waals surface area contributed by atoms with E-state index >= 15 is 0 Å². The maximum atomic E-state index is 4.79. The Labute approximate surface area is 131 Å². The Bertz CT molecular complexity index is 606. The molecule has 0 bridgehead atoms. The molecule has 1 aromatic carbocycles. The van der Waals surface area contributed by atoms with Crippen LogP contribution in [0.4, 0.5) is 0 Å². The first-order valence-electron chi connectivity index (χ1n) is 7.84. The molecule has 1 N–H and O–H groups in total. The number of rotatable bonds is 5. The Balaban J connectivity index is 1.96. The molecule has 0 aliphatic heterocycles. The van der Waals surface area contributed by atoms with Gasteiger partial charge in [-0.3, -0.25) is 0 Å². The summed E-state index contributed by atoms with van der Waals surface area (Å²) in [5.74, 6) is 0.796. The Hall–Kier alpha value is -1.19. The second-order valence-electron chi connectivity index (χ2n) is 6.39. The summed E-state index contributed by atoms with van der Waals surface area (Å²) in [5.41, 5.74) is 4.00. The first kappa shape index (κ1) is 14.7. The molecule has 2 aromatic rings. The number of thiazole rings is 1. The maximum Gasteiger partial charge on any atom is 0.115 e. The number of aromatic nitrogens is 1. The van der Waals surface area contributed by atoms with E-state index in [1.165, 1.54) is 33.9 Å². The van der Waals surface area contributed by atoms with Crippen molar-refractivity contribution >= 4 is 11.3 Å². The molecule has 1 aliphatic carbocycles. The minimum Gasteiger partial charge on any atom is -0.302 e. The van der Waals surface area contributed by atoms with E-state index in [0.29, 0.717) is 6.04 Å². The molecule has 3 heteroatoms. The minimum atomic E-state index is 0.209. The molecule has 0 radical (unpaired) electrons. The van der Waals surface area contributed by atoms with Crippen LogP contribution in [0.3, 0.4) is 0 Å². The summed E-state index contributed by atoms with van der Waals surface area (Å²) in [6, 6.07) is 9.73. The zero-order chi connectivity index (χ0) is 15.0. The molecule has 3 rings (SSSR count). The number of nitrogens with one attached hydrogen (secondary N) is 1. The lowest BCUT2D eigenvalue weighted by Gasteiger charge is -2.20. The number of benzene rings is 1. The van der Waals surface area contributed by atoms with Crippen molar-refractivity contribution in [3.63, 3.8) is 0 Å². The molecule has 0 saturated heterocycles. The average molecular weight is 300 g/mol. The molecule has 0 spiro atoms. The zero-order valence-electron chi connectivity index (χ0n) is 13.3. The molecular weight excluding hydrogens is 276 g/mol. The van der Waals surface area contributed by atoms with Crippen molar-refractivity contribution in [1.29, 1.82) is 0 Å². The van der Waals surface area contributed by atoms with Gasteiger partial charge in [-0.1, -0.05) is 24.3 Å². The summed E-state index contributed by atoms with van der Waals surface area (Å²) >= 11 is 1.82. The first-order chi connectivity index (χ1) is 10.0. The maximum absolute atomic E-state index is 4.79. The van der Waals surface area contributed by atoms with Crippen LogP contribution < -0.4 is 5.32 Å². The van der Waals surface area contributed by atoms with Gasteiger partial charge in [0.05, 0.1) is 11.7 Å². The van der Waals surface area contributed by atoms with Crippen LogP contribution in [0, 0.1) is 13.8 Å². The highest BCUT2D eigenvalue weighted by Crippen LogP contribution is 2.41.